The Bertz CT molecular complexity index is 976. The fraction of sp³-hybridized carbons (Fsp3) is 0.250. The summed E-state index contributed by atoms with van der Waals surface area (Å²) in [6, 6.07) is 12.2. The Hall–Kier alpha value is -2.96. The van der Waals surface area contributed by atoms with Gasteiger partial charge >= 0.3 is 12.2 Å². The summed E-state index contributed by atoms with van der Waals surface area (Å²) in [5, 5.41) is 3.87. The van der Waals surface area contributed by atoms with E-state index in [9.17, 15) is 18.0 Å². The van der Waals surface area contributed by atoms with Gasteiger partial charge in [0.05, 0.1) is 12.1 Å². The van der Waals surface area contributed by atoms with E-state index >= 15 is 0 Å². The molecule has 3 aromatic rings. The molecule has 4 nitrogen and oxygen atoms in total. The van der Waals surface area contributed by atoms with E-state index in [1.54, 1.807) is 4.90 Å². The van der Waals surface area contributed by atoms with Crippen LogP contribution in [0.25, 0.3) is 10.9 Å². The minimum absolute atomic E-state index is 0.318. The van der Waals surface area contributed by atoms with Crippen molar-refractivity contribution >= 4 is 22.6 Å². The quantitative estimate of drug-likeness (QED) is 0.608. The molecule has 0 atom stereocenters. The van der Waals surface area contributed by atoms with Crippen molar-refractivity contribution in [2.45, 2.75) is 25.6 Å². The van der Waals surface area contributed by atoms with Crippen LogP contribution in [0.2, 0.25) is 0 Å². The summed E-state index contributed by atoms with van der Waals surface area (Å²) in [5.74, 6) is 0. The predicted octanol–water partition coefficient (Wildman–Crippen LogP) is 5.17. The number of amides is 2. The van der Waals surface area contributed by atoms with Gasteiger partial charge in [0.1, 0.15) is 0 Å². The van der Waals surface area contributed by atoms with Crippen LogP contribution >= 0.6 is 0 Å². The van der Waals surface area contributed by atoms with Crippen LogP contribution in [0.3, 0.4) is 0 Å². The first kappa shape index (κ1) is 17.5. The Morgan fingerprint density at radius 3 is 2.56 bits per heavy atom. The average molecular weight is 373 g/mol. The van der Waals surface area contributed by atoms with Crippen molar-refractivity contribution in [2.24, 2.45) is 0 Å². The lowest BCUT2D eigenvalue weighted by atomic mass is 10.1. The molecule has 140 valence electrons. The van der Waals surface area contributed by atoms with Crippen molar-refractivity contribution in [2.75, 3.05) is 11.9 Å². The molecule has 0 spiro atoms. The van der Waals surface area contributed by atoms with E-state index in [1.807, 2.05) is 18.2 Å². The van der Waals surface area contributed by atoms with Crippen molar-refractivity contribution in [3.8, 4) is 0 Å². The Balaban J connectivity index is 1.50. The maximum absolute atomic E-state index is 12.6. The number of carbonyl (C=O) groups excluding carboxylic acids is 1. The van der Waals surface area contributed by atoms with Gasteiger partial charge in [0.15, 0.2) is 0 Å². The van der Waals surface area contributed by atoms with E-state index in [-0.39, 0.29) is 6.03 Å². The highest BCUT2D eigenvalue weighted by atomic mass is 19.4. The fourth-order valence-electron chi connectivity index (χ4n) is 3.51. The Morgan fingerprint density at radius 1 is 1.07 bits per heavy atom. The Labute approximate surface area is 154 Å². The molecular weight excluding hydrogens is 355 g/mol. The lowest BCUT2D eigenvalue weighted by Gasteiger charge is -2.21. The number of urea groups is 1. The van der Waals surface area contributed by atoms with Gasteiger partial charge < -0.3 is 15.2 Å². The second-order valence-electron chi connectivity index (χ2n) is 6.66. The number of halogens is 3. The zero-order chi connectivity index (χ0) is 19.0. The van der Waals surface area contributed by atoms with Crippen LogP contribution in [0, 0.1) is 0 Å². The Kier molecular flexibility index (Phi) is 4.30. The summed E-state index contributed by atoms with van der Waals surface area (Å²) >= 11 is 0. The molecule has 1 aliphatic heterocycles. The number of alkyl halides is 3. The summed E-state index contributed by atoms with van der Waals surface area (Å²) in [7, 11) is 0. The first-order chi connectivity index (χ1) is 12.9. The molecule has 0 unspecified atom stereocenters. The third-order valence-corrected chi connectivity index (χ3v) is 4.86. The normalized spacial score (nSPS) is 14.7. The number of nitrogens with zero attached hydrogens (tertiary/aromatic N) is 1. The maximum Gasteiger partial charge on any atom is 0.416 e. The SMILES string of the molecule is O=C(Nc1ccc(C(F)(F)F)cc1)N1CCCc2c([nH]c3ccccc23)C1. The van der Waals surface area contributed by atoms with E-state index < -0.39 is 11.7 Å². The van der Waals surface area contributed by atoms with Crippen LogP contribution in [0.1, 0.15) is 23.2 Å². The number of rotatable bonds is 1. The average Bonchev–Trinajstić information content (AvgIpc) is 2.84. The maximum atomic E-state index is 12.6. The number of benzene rings is 2. The molecule has 1 aliphatic rings. The molecule has 2 heterocycles. The largest absolute Gasteiger partial charge is 0.416 e. The second kappa shape index (κ2) is 6.64. The minimum Gasteiger partial charge on any atom is -0.357 e. The molecule has 2 amide bonds. The van der Waals surface area contributed by atoms with Crippen molar-refractivity contribution in [3.05, 3.63) is 65.4 Å². The molecule has 4 rings (SSSR count). The predicted molar refractivity (Wildman–Crippen MR) is 97.5 cm³/mol. The smallest absolute Gasteiger partial charge is 0.357 e. The standard InChI is InChI=1S/C20H18F3N3O/c21-20(22,23)13-7-9-14(10-8-13)24-19(27)26-11-3-5-16-15-4-1-2-6-17(15)25-18(16)12-26/h1-2,4,6-10,25H,3,5,11-12H2,(H,24,27). The molecular formula is C20H18F3N3O. The van der Waals surface area contributed by atoms with Gasteiger partial charge in [0, 0.05) is 28.8 Å². The molecule has 2 aromatic carbocycles. The Morgan fingerprint density at radius 2 is 1.81 bits per heavy atom. The fourth-order valence-corrected chi connectivity index (χ4v) is 3.51. The van der Waals surface area contributed by atoms with Crippen LogP contribution in [0.15, 0.2) is 48.5 Å². The highest BCUT2D eigenvalue weighted by Gasteiger charge is 2.30. The number of aromatic nitrogens is 1. The molecule has 0 fully saturated rings. The van der Waals surface area contributed by atoms with Gasteiger partial charge in [-0.25, -0.2) is 4.79 Å². The van der Waals surface area contributed by atoms with E-state index in [0.717, 1.165) is 36.2 Å². The number of nitrogens with one attached hydrogen (secondary N) is 2. The number of carbonyl (C=O) groups is 1. The molecule has 0 radical (unpaired) electrons. The number of fused-ring (bicyclic) bond motifs is 3. The molecule has 27 heavy (non-hydrogen) atoms. The van der Waals surface area contributed by atoms with Crippen LogP contribution in [-0.2, 0) is 19.1 Å². The zero-order valence-corrected chi connectivity index (χ0v) is 14.4. The molecule has 0 aliphatic carbocycles. The van der Waals surface area contributed by atoms with E-state index in [2.05, 4.69) is 16.4 Å². The lowest BCUT2D eigenvalue weighted by Crippen LogP contribution is -2.34. The monoisotopic (exact) mass is 373 g/mol. The first-order valence-electron chi connectivity index (χ1n) is 8.73. The second-order valence-corrected chi connectivity index (χ2v) is 6.66. The highest BCUT2D eigenvalue weighted by Crippen LogP contribution is 2.30. The summed E-state index contributed by atoms with van der Waals surface area (Å²) in [4.78, 5) is 17.7. The van der Waals surface area contributed by atoms with Gasteiger partial charge in [0.2, 0.25) is 0 Å². The number of hydrogen-bond donors (Lipinski definition) is 2. The van der Waals surface area contributed by atoms with Gasteiger partial charge in [-0.15, -0.1) is 0 Å². The number of para-hydroxylation sites is 1. The molecule has 2 N–H and O–H groups in total. The first-order valence-corrected chi connectivity index (χ1v) is 8.73. The topological polar surface area (TPSA) is 48.1 Å². The van der Waals surface area contributed by atoms with Gasteiger partial charge in [-0.1, -0.05) is 18.2 Å². The van der Waals surface area contributed by atoms with Gasteiger partial charge in [-0.3, -0.25) is 0 Å². The van der Waals surface area contributed by atoms with Gasteiger partial charge in [-0.05, 0) is 48.7 Å². The number of anilines is 1. The molecule has 7 heteroatoms. The minimum atomic E-state index is -4.39. The van der Waals surface area contributed by atoms with Crippen molar-refractivity contribution in [1.82, 2.24) is 9.88 Å². The van der Waals surface area contributed by atoms with Crippen molar-refractivity contribution < 1.29 is 18.0 Å². The third kappa shape index (κ3) is 3.49. The summed E-state index contributed by atoms with van der Waals surface area (Å²) < 4.78 is 37.9. The molecule has 0 bridgehead atoms. The van der Waals surface area contributed by atoms with E-state index in [0.29, 0.717) is 18.8 Å². The van der Waals surface area contributed by atoms with E-state index in [4.69, 9.17) is 0 Å². The van der Waals surface area contributed by atoms with Crippen LogP contribution in [0.5, 0.6) is 0 Å². The van der Waals surface area contributed by atoms with E-state index in [1.165, 1.54) is 23.1 Å². The van der Waals surface area contributed by atoms with Gasteiger partial charge in [0.25, 0.3) is 0 Å². The molecule has 0 saturated heterocycles. The number of H-pyrrole nitrogens is 1. The van der Waals surface area contributed by atoms with Gasteiger partial charge in [-0.2, -0.15) is 13.2 Å². The van der Waals surface area contributed by atoms with Crippen LogP contribution < -0.4 is 5.32 Å². The third-order valence-electron chi connectivity index (χ3n) is 4.86. The summed E-state index contributed by atoms with van der Waals surface area (Å²) in [5.41, 5.74) is 2.89. The van der Waals surface area contributed by atoms with Crippen molar-refractivity contribution in [3.63, 3.8) is 0 Å². The molecule has 0 saturated carbocycles. The van der Waals surface area contributed by atoms with Crippen molar-refractivity contribution in [1.29, 1.82) is 0 Å². The highest BCUT2D eigenvalue weighted by molar-refractivity contribution is 5.90. The number of aromatic amines is 1. The molecule has 1 aromatic heterocycles. The number of aryl methyl sites for hydroxylation is 1. The van der Waals surface area contributed by atoms with Crippen LogP contribution in [0.4, 0.5) is 23.7 Å². The number of hydrogen-bond acceptors (Lipinski definition) is 1. The summed E-state index contributed by atoms with van der Waals surface area (Å²) in [6.07, 6.45) is -2.68. The van der Waals surface area contributed by atoms with Crippen LogP contribution in [-0.4, -0.2) is 22.5 Å². The summed E-state index contributed by atoms with van der Waals surface area (Å²) in [6.45, 7) is 1.03. The zero-order valence-electron chi connectivity index (χ0n) is 14.4. The lowest BCUT2D eigenvalue weighted by molar-refractivity contribution is -0.137.